The summed E-state index contributed by atoms with van der Waals surface area (Å²) in [6, 6.07) is 10.8. The molecule has 0 aliphatic carbocycles. The number of thioether (sulfide) groups is 1. The molecule has 0 atom stereocenters. The maximum Gasteiger partial charge on any atom is 0.293 e. The van der Waals surface area contributed by atoms with Gasteiger partial charge in [0.15, 0.2) is 11.5 Å². The van der Waals surface area contributed by atoms with Gasteiger partial charge < -0.3 is 14.8 Å². The van der Waals surface area contributed by atoms with Gasteiger partial charge in [0, 0.05) is 18.7 Å². The minimum atomic E-state index is -0.381. The second-order valence-electron chi connectivity index (χ2n) is 7.23. The molecule has 1 aliphatic rings. The maximum absolute atomic E-state index is 12.7. The largest absolute Gasteiger partial charge is 0.493 e. The third-order valence-electron chi connectivity index (χ3n) is 5.05. The number of imide groups is 1. The summed E-state index contributed by atoms with van der Waals surface area (Å²) in [5, 5.41) is 2.41. The van der Waals surface area contributed by atoms with Gasteiger partial charge in [-0.1, -0.05) is 12.1 Å². The molecule has 1 N–H and O–H groups in total. The van der Waals surface area contributed by atoms with Crippen LogP contribution >= 0.6 is 11.8 Å². The number of carbonyl (C=O) groups excluding carboxylic acids is 3. The number of rotatable bonds is 8. The summed E-state index contributed by atoms with van der Waals surface area (Å²) in [5.41, 5.74) is 3.40. The Kier molecular flexibility index (Phi) is 7.58. The second-order valence-corrected chi connectivity index (χ2v) is 8.22. The minimum absolute atomic E-state index is 0.102. The molecule has 32 heavy (non-hydrogen) atoms. The minimum Gasteiger partial charge on any atom is -0.493 e. The van der Waals surface area contributed by atoms with Gasteiger partial charge in [0.05, 0.1) is 18.6 Å². The molecule has 0 bridgehead atoms. The molecule has 0 saturated carbocycles. The van der Waals surface area contributed by atoms with Crippen molar-refractivity contribution in [2.75, 3.05) is 26.8 Å². The van der Waals surface area contributed by atoms with Crippen LogP contribution in [-0.4, -0.2) is 48.8 Å². The van der Waals surface area contributed by atoms with Gasteiger partial charge in [-0.2, -0.15) is 0 Å². The highest BCUT2D eigenvalue weighted by Gasteiger charge is 2.34. The molecule has 0 radical (unpaired) electrons. The molecule has 1 heterocycles. The predicted octanol–water partition coefficient (Wildman–Crippen LogP) is 4.18. The van der Waals surface area contributed by atoms with Crippen molar-refractivity contribution in [2.24, 2.45) is 0 Å². The Bertz CT molecular complexity index is 1080. The summed E-state index contributed by atoms with van der Waals surface area (Å²) in [6.07, 6.45) is 1.65. The van der Waals surface area contributed by atoms with Gasteiger partial charge >= 0.3 is 0 Å². The zero-order chi connectivity index (χ0) is 23.3. The third-order valence-corrected chi connectivity index (χ3v) is 5.96. The fourth-order valence-corrected chi connectivity index (χ4v) is 4.02. The van der Waals surface area contributed by atoms with Gasteiger partial charge in [-0.15, -0.1) is 0 Å². The standard InChI is InChI=1S/C24H26N2O5S/c1-5-31-19-9-7-17(13-20(19)30-4)14-21-23(28)26(24(29)32-21)11-10-25-22(27)18-8-6-15(2)16(3)12-18/h6-9,12-14H,5,10-11H2,1-4H3,(H,25,27)/b21-14-. The van der Waals surface area contributed by atoms with Gasteiger partial charge in [-0.3, -0.25) is 19.3 Å². The van der Waals surface area contributed by atoms with E-state index in [1.807, 2.05) is 32.9 Å². The fraction of sp³-hybridized carbons (Fsp3) is 0.292. The van der Waals surface area contributed by atoms with Crippen molar-refractivity contribution in [2.45, 2.75) is 20.8 Å². The highest BCUT2D eigenvalue weighted by Crippen LogP contribution is 2.34. The van der Waals surface area contributed by atoms with Crippen molar-refractivity contribution in [3.05, 3.63) is 63.6 Å². The van der Waals surface area contributed by atoms with Crippen LogP contribution in [0, 0.1) is 13.8 Å². The molecule has 8 heteroatoms. The first-order valence-corrected chi connectivity index (χ1v) is 11.1. The third kappa shape index (κ3) is 5.31. The van der Waals surface area contributed by atoms with Crippen LogP contribution in [0.25, 0.3) is 6.08 Å². The molecule has 0 unspecified atom stereocenters. The van der Waals surface area contributed by atoms with Crippen molar-refractivity contribution in [1.82, 2.24) is 10.2 Å². The summed E-state index contributed by atoms with van der Waals surface area (Å²) in [4.78, 5) is 38.9. The summed E-state index contributed by atoms with van der Waals surface area (Å²) in [7, 11) is 1.54. The lowest BCUT2D eigenvalue weighted by atomic mass is 10.1. The van der Waals surface area contributed by atoms with Crippen LogP contribution < -0.4 is 14.8 Å². The fourth-order valence-electron chi connectivity index (χ4n) is 3.16. The molecule has 3 amide bonds. The van der Waals surface area contributed by atoms with E-state index in [-0.39, 0.29) is 30.1 Å². The van der Waals surface area contributed by atoms with E-state index in [0.717, 1.165) is 33.4 Å². The van der Waals surface area contributed by atoms with Crippen LogP contribution in [0.15, 0.2) is 41.3 Å². The summed E-state index contributed by atoms with van der Waals surface area (Å²) < 4.78 is 10.8. The Morgan fingerprint density at radius 3 is 2.56 bits per heavy atom. The molecule has 7 nitrogen and oxygen atoms in total. The Morgan fingerprint density at radius 2 is 1.88 bits per heavy atom. The van der Waals surface area contributed by atoms with Crippen LogP contribution in [0.2, 0.25) is 0 Å². The summed E-state index contributed by atoms with van der Waals surface area (Å²) in [5.74, 6) is 0.541. The molecule has 0 spiro atoms. The number of ether oxygens (including phenoxy) is 2. The highest BCUT2D eigenvalue weighted by molar-refractivity contribution is 8.18. The van der Waals surface area contributed by atoms with Crippen molar-refractivity contribution in [3.63, 3.8) is 0 Å². The molecule has 168 valence electrons. The molecule has 2 aromatic rings. The van der Waals surface area contributed by atoms with Crippen LogP contribution in [0.5, 0.6) is 11.5 Å². The first kappa shape index (κ1) is 23.4. The second kappa shape index (κ2) is 10.4. The lowest BCUT2D eigenvalue weighted by molar-refractivity contribution is -0.122. The first-order chi connectivity index (χ1) is 15.3. The molecular weight excluding hydrogens is 428 g/mol. The number of benzene rings is 2. The van der Waals surface area contributed by atoms with Gasteiger partial charge in [0.1, 0.15) is 0 Å². The van der Waals surface area contributed by atoms with E-state index in [1.54, 1.807) is 37.5 Å². The van der Waals surface area contributed by atoms with E-state index in [1.165, 1.54) is 0 Å². The number of hydrogen-bond donors (Lipinski definition) is 1. The normalized spacial score (nSPS) is 14.8. The van der Waals surface area contributed by atoms with Gasteiger partial charge in [-0.25, -0.2) is 0 Å². The average molecular weight is 455 g/mol. The number of nitrogens with zero attached hydrogens (tertiary/aromatic N) is 1. The van der Waals surface area contributed by atoms with Crippen molar-refractivity contribution >= 4 is 34.9 Å². The lowest BCUT2D eigenvalue weighted by Gasteiger charge is -2.13. The quantitative estimate of drug-likeness (QED) is 0.603. The van der Waals surface area contributed by atoms with Gasteiger partial charge in [0.25, 0.3) is 17.1 Å². The molecule has 1 saturated heterocycles. The highest BCUT2D eigenvalue weighted by atomic mass is 32.2. The van der Waals surface area contributed by atoms with E-state index >= 15 is 0 Å². The molecule has 1 aliphatic heterocycles. The predicted molar refractivity (Wildman–Crippen MR) is 125 cm³/mol. The number of hydrogen-bond acceptors (Lipinski definition) is 6. The molecular formula is C24H26N2O5S. The monoisotopic (exact) mass is 454 g/mol. The molecule has 3 rings (SSSR count). The van der Waals surface area contributed by atoms with E-state index in [4.69, 9.17) is 9.47 Å². The number of amides is 3. The maximum atomic E-state index is 12.7. The van der Waals surface area contributed by atoms with Crippen LogP contribution in [0.3, 0.4) is 0 Å². The van der Waals surface area contributed by atoms with Crippen LogP contribution in [-0.2, 0) is 4.79 Å². The summed E-state index contributed by atoms with van der Waals surface area (Å²) >= 11 is 0.877. The zero-order valence-corrected chi connectivity index (χ0v) is 19.4. The van der Waals surface area contributed by atoms with Crippen molar-refractivity contribution in [3.8, 4) is 11.5 Å². The molecule has 2 aromatic carbocycles. The number of methoxy groups -OCH3 is 1. The number of nitrogens with one attached hydrogen (secondary N) is 1. The van der Waals surface area contributed by atoms with E-state index in [2.05, 4.69) is 5.32 Å². The van der Waals surface area contributed by atoms with Crippen molar-refractivity contribution < 1.29 is 23.9 Å². The van der Waals surface area contributed by atoms with Crippen LogP contribution in [0.1, 0.15) is 34.0 Å². The Labute approximate surface area is 191 Å². The first-order valence-electron chi connectivity index (χ1n) is 10.3. The zero-order valence-electron chi connectivity index (χ0n) is 18.6. The Balaban J connectivity index is 1.63. The molecule has 1 fully saturated rings. The van der Waals surface area contributed by atoms with E-state index in [0.29, 0.717) is 28.6 Å². The van der Waals surface area contributed by atoms with E-state index < -0.39 is 0 Å². The lowest BCUT2D eigenvalue weighted by Crippen LogP contribution is -2.37. The van der Waals surface area contributed by atoms with Gasteiger partial charge in [0.2, 0.25) is 0 Å². The average Bonchev–Trinajstić information content (AvgIpc) is 3.04. The Hall–Kier alpha value is -3.26. The van der Waals surface area contributed by atoms with Gasteiger partial charge in [-0.05, 0) is 79.6 Å². The smallest absolute Gasteiger partial charge is 0.293 e. The number of aryl methyl sites for hydroxylation is 2. The SMILES string of the molecule is CCOc1ccc(/C=C2\SC(=O)N(CCNC(=O)c3ccc(C)c(C)c3)C2=O)cc1OC. The number of carbonyl (C=O) groups is 3. The molecule has 0 aromatic heterocycles. The topological polar surface area (TPSA) is 84.9 Å². The summed E-state index contributed by atoms with van der Waals surface area (Å²) in [6.45, 7) is 6.59. The van der Waals surface area contributed by atoms with E-state index in [9.17, 15) is 14.4 Å². The van der Waals surface area contributed by atoms with Crippen molar-refractivity contribution in [1.29, 1.82) is 0 Å². The Morgan fingerprint density at radius 1 is 1.09 bits per heavy atom. The van der Waals surface area contributed by atoms with Crippen LogP contribution in [0.4, 0.5) is 4.79 Å².